The standard InChI is InChI=1S/C25H34N6O5S/c1-16(2)22(31-37(35,36)15-18-6-4-3-5-7-18)25(34)30-20(12-13-21(26)32)24(33)29-14-17-8-10-19(11-9-17)23(27)28/h3-11,16,20,22,31H,12-15H2,1-2H3,(H2,26,32)(H3,27,28)(H,29,33)(H,30,34). The van der Waals surface area contributed by atoms with Crippen LogP contribution < -0.4 is 26.8 Å². The van der Waals surface area contributed by atoms with Gasteiger partial charge in [0.05, 0.1) is 5.75 Å². The predicted octanol–water partition coefficient (Wildman–Crippen LogP) is 0.481. The fraction of sp³-hybridized carbons (Fsp3) is 0.360. The third kappa shape index (κ3) is 10.0. The van der Waals surface area contributed by atoms with Gasteiger partial charge in [0.2, 0.25) is 27.7 Å². The van der Waals surface area contributed by atoms with Crippen molar-refractivity contribution in [2.75, 3.05) is 0 Å². The number of sulfonamides is 1. The molecule has 0 bridgehead atoms. The molecule has 3 amide bonds. The summed E-state index contributed by atoms with van der Waals surface area (Å²) in [5.74, 6) is -2.70. The molecular formula is C25H34N6O5S. The van der Waals surface area contributed by atoms with Crippen LogP contribution >= 0.6 is 0 Å². The molecule has 2 rings (SSSR count). The lowest BCUT2D eigenvalue weighted by molar-refractivity contribution is -0.131. The van der Waals surface area contributed by atoms with E-state index in [-0.39, 0.29) is 31.0 Å². The molecule has 0 aliphatic rings. The Morgan fingerprint density at radius 1 is 0.919 bits per heavy atom. The summed E-state index contributed by atoms with van der Waals surface area (Å²) in [6.45, 7) is 3.48. The molecule has 0 saturated heterocycles. The van der Waals surface area contributed by atoms with Gasteiger partial charge in [0, 0.05) is 18.5 Å². The molecule has 200 valence electrons. The van der Waals surface area contributed by atoms with Crippen LogP contribution in [-0.2, 0) is 36.7 Å². The summed E-state index contributed by atoms with van der Waals surface area (Å²) in [5.41, 5.74) is 12.5. The monoisotopic (exact) mass is 530 g/mol. The van der Waals surface area contributed by atoms with E-state index < -0.39 is 45.7 Å². The number of hydrogen-bond donors (Lipinski definition) is 6. The molecule has 2 unspecified atom stereocenters. The summed E-state index contributed by atoms with van der Waals surface area (Å²) in [6, 6.07) is 13.0. The average molecular weight is 531 g/mol. The second-order valence-corrected chi connectivity index (χ2v) is 10.7. The Labute approximate surface area is 216 Å². The van der Waals surface area contributed by atoms with Crippen molar-refractivity contribution in [2.24, 2.45) is 17.4 Å². The van der Waals surface area contributed by atoms with Gasteiger partial charge in [0.25, 0.3) is 0 Å². The Kier molecular flexibility index (Phi) is 10.8. The lowest BCUT2D eigenvalue weighted by atomic mass is 10.0. The fourth-order valence-corrected chi connectivity index (χ4v) is 4.93. The molecule has 0 aliphatic heterocycles. The third-order valence-corrected chi connectivity index (χ3v) is 6.83. The van der Waals surface area contributed by atoms with Crippen LogP contribution in [0, 0.1) is 11.3 Å². The minimum Gasteiger partial charge on any atom is -0.384 e. The number of nitrogens with two attached hydrogens (primary N) is 2. The zero-order valence-corrected chi connectivity index (χ0v) is 21.7. The van der Waals surface area contributed by atoms with E-state index in [0.29, 0.717) is 11.1 Å². The van der Waals surface area contributed by atoms with Crippen LogP contribution in [0.5, 0.6) is 0 Å². The summed E-state index contributed by atoms with van der Waals surface area (Å²) in [4.78, 5) is 37.3. The molecule has 0 saturated carbocycles. The average Bonchev–Trinajstić information content (AvgIpc) is 2.83. The molecule has 0 radical (unpaired) electrons. The zero-order chi connectivity index (χ0) is 27.6. The predicted molar refractivity (Wildman–Crippen MR) is 140 cm³/mol. The van der Waals surface area contributed by atoms with Crippen molar-refractivity contribution in [3.05, 3.63) is 71.3 Å². The van der Waals surface area contributed by atoms with E-state index in [1.807, 2.05) is 0 Å². The summed E-state index contributed by atoms with van der Waals surface area (Å²) < 4.78 is 27.9. The first-order valence-corrected chi connectivity index (χ1v) is 13.4. The van der Waals surface area contributed by atoms with E-state index in [2.05, 4.69) is 15.4 Å². The highest BCUT2D eigenvalue weighted by molar-refractivity contribution is 7.88. The number of nitrogen functional groups attached to an aromatic ring is 1. The van der Waals surface area contributed by atoms with Crippen molar-refractivity contribution >= 4 is 33.6 Å². The number of primary amides is 1. The van der Waals surface area contributed by atoms with Crippen molar-refractivity contribution in [3.8, 4) is 0 Å². The maximum Gasteiger partial charge on any atom is 0.242 e. The minimum atomic E-state index is -3.87. The van der Waals surface area contributed by atoms with Gasteiger partial charge in [-0.15, -0.1) is 0 Å². The molecule has 2 atom stereocenters. The Bertz CT molecular complexity index is 1200. The molecule has 12 heteroatoms. The van der Waals surface area contributed by atoms with Crippen LogP contribution in [-0.4, -0.2) is 44.1 Å². The molecule has 2 aromatic rings. The Morgan fingerprint density at radius 3 is 2.08 bits per heavy atom. The first-order chi connectivity index (χ1) is 17.4. The van der Waals surface area contributed by atoms with Crippen LogP contribution in [0.25, 0.3) is 0 Å². The van der Waals surface area contributed by atoms with Crippen molar-refractivity contribution in [2.45, 2.75) is 51.1 Å². The summed E-state index contributed by atoms with van der Waals surface area (Å²) in [7, 11) is -3.87. The maximum absolute atomic E-state index is 13.1. The minimum absolute atomic E-state index is 0.0578. The van der Waals surface area contributed by atoms with Gasteiger partial charge in [-0.1, -0.05) is 68.4 Å². The number of benzene rings is 2. The van der Waals surface area contributed by atoms with Crippen LogP contribution in [0.1, 0.15) is 43.4 Å². The van der Waals surface area contributed by atoms with Gasteiger partial charge in [-0.25, -0.2) is 13.1 Å². The largest absolute Gasteiger partial charge is 0.384 e. The van der Waals surface area contributed by atoms with E-state index in [9.17, 15) is 22.8 Å². The Balaban J connectivity index is 2.09. The van der Waals surface area contributed by atoms with Crippen LogP contribution in [0.4, 0.5) is 0 Å². The lowest BCUT2D eigenvalue weighted by Gasteiger charge is -2.25. The lowest BCUT2D eigenvalue weighted by Crippen LogP contribution is -2.55. The first kappa shape index (κ1) is 29.5. The van der Waals surface area contributed by atoms with Crippen molar-refractivity contribution < 1.29 is 22.8 Å². The van der Waals surface area contributed by atoms with Gasteiger partial charge in [-0.2, -0.15) is 0 Å². The van der Waals surface area contributed by atoms with Gasteiger partial charge in [-0.05, 0) is 23.5 Å². The number of amides is 3. The SMILES string of the molecule is CC(C)C(NS(=O)(=O)Cc1ccccc1)C(=O)NC(CCC(N)=O)C(=O)NCc1ccc(C(=N)N)cc1. The van der Waals surface area contributed by atoms with Gasteiger partial charge < -0.3 is 22.1 Å². The molecular weight excluding hydrogens is 496 g/mol. The third-order valence-electron chi connectivity index (χ3n) is 5.50. The summed E-state index contributed by atoms with van der Waals surface area (Å²) in [5, 5.41) is 12.7. The number of amidine groups is 1. The highest BCUT2D eigenvalue weighted by Gasteiger charge is 2.31. The second-order valence-electron chi connectivity index (χ2n) is 8.98. The molecule has 0 heterocycles. The van der Waals surface area contributed by atoms with E-state index in [1.54, 1.807) is 68.4 Å². The normalized spacial score (nSPS) is 12.9. The molecule has 0 aromatic heterocycles. The topological polar surface area (TPSA) is 197 Å². The van der Waals surface area contributed by atoms with E-state index >= 15 is 0 Å². The molecule has 8 N–H and O–H groups in total. The van der Waals surface area contributed by atoms with E-state index in [4.69, 9.17) is 16.9 Å². The van der Waals surface area contributed by atoms with Crippen molar-refractivity contribution in [3.63, 3.8) is 0 Å². The fourth-order valence-electron chi connectivity index (χ4n) is 3.45. The number of rotatable bonds is 14. The molecule has 0 fully saturated rings. The first-order valence-electron chi connectivity index (χ1n) is 11.7. The number of carbonyl (C=O) groups is 3. The summed E-state index contributed by atoms with van der Waals surface area (Å²) >= 11 is 0. The highest BCUT2D eigenvalue weighted by atomic mass is 32.2. The van der Waals surface area contributed by atoms with Gasteiger partial charge in [-0.3, -0.25) is 19.8 Å². The van der Waals surface area contributed by atoms with E-state index in [0.717, 1.165) is 5.56 Å². The van der Waals surface area contributed by atoms with Crippen molar-refractivity contribution in [1.29, 1.82) is 5.41 Å². The molecule has 37 heavy (non-hydrogen) atoms. The zero-order valence-electron chi connectivity index (χ0n) is 20.9. The quantitative estimate of drug-likeness (QED) is 0.152. The number of hydrogen-bond acceptors (Lipinski definition) is 6. The highest BCUT2D eigenvalue weighted by Crippen LogP contribution is 2.10. The second kappa shape index (κ2) is 13.5. The molecule has 11 nitrogen and oxygen atoms in total. The van der Waals surface area contributed by atoms with Crippen LogP contribution in [0.15, 0.2) is 54.6 Å². The smallest absolute Gasteiger partial charge is 0.242 e. The number of nitrogens with one attached hydrogen (secondary N) is 4. The Morgan fingerprint density at radius 2 is 1.54 bits per heavy atom. The van der Waals surface area contributed by atoms with E-state index in [1.165, 1.54) is 0 Å². The molecule has 0 spiro atoms. The number of carbonyl (C=O) groups excluding carboxylic acids is 3. The Hall–Kier alpha value is -3.77. The molecule has 2 aromatic carbocycles. The van der Waals surface area contributed by atoms with Gasteiger partial charge in [0.1, 0.15) is 17.9 Å². The van der Waals surface area contributed by atoms with Crippen LogP contribution in [0.3, 0.4) is 0 Å². The summed E-state index contributed by atoms with van der Waals surface area (Å²) in [6.07, 6.45) is -0.213. The van der Waals surface area contributed by atoms with Crippen LogP contribution in [0.2, 0.25) is 0 Å². The maximum atomic E-state index is 13.1. The van der Waals surface area contributed by atoms with Crippen molar-refractivity contribution in [1.82, 2.24) is 15.4 Å². The molecule has 0 aliphatic carbocycles. The van der Waals surface area contributed by atoms with Gasteiger partial charge >= 0.3 is 0 Å². The van der Waals surface area contributed by atoms with Gasteiger partial charge in [0.15, 0.2) is 0 Å².